The number of methoxy groups -OCH3 is 1. The van der Waals surface area contributed by atoms with E-state index in [1.54, 1.807) is 0 Å². The van der Waals surface area contributed by atoms with Gasteiger partial charge in [0.15, 0.2) is 0 Å². The highest BCUT2D eigenvalue weighted by atomic mass is 16.7. The lowest BCUT2D eigenvalue weighted by Gasteiger charge is -2.10. The van der Waals surface area contributed by atoms with Crippen molar-refractivity contribution in [1.82, 2.24) is 5.43 Å². The number of hydrogen-bond acceptors (Lipinski definition) is 5. The Hall–Kier alpha value is -1.59. The van der Waals surface area contributed by atoms with Crippen LogP contribution in [0.25, 0.3) is 0 Å². The average molecular weight is 172 g/mol. The molecule has 1 aliphatic heterocycles. The Morgan fingerprint density at radius 3 is 2.83 bits per heavy atom. The third kappa shape index (κ3) is 2.22. The molecule has 1 aliphatic rings. The Balaban J connectivity index is 2.43. The quantitative estimate of drug-likeness (QED) is 0.521. The summed E-state index contributed by atoms with van der Waals surface area (Å²) in [6.07, 6.45) is -0.235. The second kappa shape index (κ2) is 3.70. The van der Waals surface area contributed by atoms with Crippen LogP contribution in [0.3, 0.4) is 0 Å². The maximum atomic E-state index is 10.6. The molecule has 1 amide bonds. The molecule has 0 saturated heterocycles. The van der Waals surface area contributed by atoms with Crippen LogP contribution in [-0.4, -0.2) is 25.1 Å². The third-order valence-corrected chi connectivity index (χ3v) is 1.24. The minimum Gasteiger partial charge on any atom is -0.437 e. The SMILES string of the molecule is COC(=O)OC1=NNC(=O)CC1. The zero-order chi connectivity index (χ0) is 8.97. The zero-order valence-electron chi connectivity index (χ0n) is 6.49. The van der Waals surface area contributed by atoms with Gasteiger partial charge in [0.2, 0.25) is 11.8 Å². The molecule has 0 atom stereocenters. The minimum absolute atomic E-state index is 0.168. The number of carbonyl (C=O) groups is 2. The summed E-state index contributed by atoms with van der Waals surface area (Å²) in [5.74, 6) is -0.0198. The van der Waals surface area contributed by atoms with Gasteiger partial charge < -0.3 is 9.47 Å². The van der Waals surface area contributed by atoms with Gasteiger partial charge in [-0.25, -0.2) is 10.2 Å². The summed E-state index contributed by atoms with van der Waals surface area (Å²) in [6, 6.07) is 0. The number of hydrogen-bond donors (Lipinski definition) is 1. The van der Waals surface area contributed by atoms with Gasteiger partial charge in [-0.15, -0.1) is 5.10 Å². The van der Waals surface area contributed by atoms with Crippen molar-refractivity contribution in [3.8, 4) is 0 Å². The van der Waals surface area contributed by atoms with Crippen LogP contribution in [0.5, 0.6) is 0 Å². The smallest absolute Gasteiger partial charge is 0.437 e. The number of nitrogens with zero attached hydrogens (tertiary/aromatic N) is 1. The first-order valence-corrected chi connectivity index (χ1v) is 3.33. The molecule has 12 heavy (non-hydrogen) atoms. The summed E-state index contributed by atoms with van der Waals surface area (Å²) in [4.78, 5) is 21.1. The predicted octanol–water partition coefficient (Wildman–Crippen LogP) is -0.00710. The molecule has 0 spiro atoms. The van der Waals surface area contributed by atoms with Crippen LogP contribution >= 0.6 is 0 Å². The molecular formula is C6H8N2O4. The largest absolute Gasteiger partial charge is 0.514 e. The first-order chi connectivity index (χ1) is 5.72. The fourth-order valence-electron chi connectivity index (χ4n) is 0.669. The minimum atomic E-state index is -0.829. The van der Waals surface area contributed by atoms with E-state index in [9.17, 15) is 9.59 Å². The van der Waals surface area contributed by atoms with Gasteiger partial charge in [0.1, 0.15) is 0 Å². The standard InChI is InChI=1S/C6H8N2O4/c1-11-6(10)12-5-3-2-4(9)7-8-5/h2-3H2,1H3,(H,7,9). The number of carbonyl (C=O) groups excluding carboxylic acids is 2. The Kier molecular flexibility index (Phi) is 2.62. The van der Waals surface area contributed by atoms with Crippen LogP contribution in [-0.2, 0) is 14.3 Å². The van der Waals surface area contributed by atoms with E-state index in [4.69, 9.17) is 0 Å². The van der Waals surface area contributed by atoms with E-state index in [1.807, 2.05) is 0 Å². The van der Waals surface area contributed by atoms with Gasteiger partial charge in [0.05, 0.1) is 7.11 Å². The summed E-state index contributed by atoms with van der Waals surface area (Å²) in [5.41, 5.74) is 2.18. The highest BCUT2D eigenvalue weighted by Gasteiger charge is 2.15. The first kappa shape index (κ1) is 8.51. The van der Waals surface area contributed by atoms with E-state index in [1.165, 1.54) is 7.11 Å². The van der Waals surface area contributed by atoms with Crippen molar-refractivity contribution in [2.24, 2.45) is 5.10 Å². The zero-order valence-corrected chi connectivity index (χ0v) is 6.49. The van der Waals surface area contributed by atoms with E-state index in [2.05, 4.69) is 20.0 Å². The topological polar surface area (TPSA) is 77.0 Å². The van der Waals surface area contributed by atoms with E-state index in [0.29, 0.717) is 6.42 Å². The van der Waals surface area contributed by atoms with Crippen molar-refractivity contribution in [3.63, 3.8) is 0 Å². The van der Waals surface area contributed by atoms with Crippen LogP contribution in [0, 0.1) is 0 Å². The molecule has 0 aliphatic carbocycles. The van der Waals surface area contributed by atoms with Gasteiger partial charge in [-0.3, -0.25) is 4.79 Å². The van der Waals surface area contributed by atoms with Gasteiger partial charge >= 0.3 is 6.16 Å². The summed E-state index contributed by atoms with van der Waals surface area (Å²) >= 11 is 0. The molecule has 6 nitrogen and oxygen atoms in total. The molecule has 0 bridgehead atoms. The van der Waals surface area contributed by atoms with Crippen LogP contribution in [0.2, 0.25) is 0 Å². The molecule has 1 heterocycles. The Morgan fingerprint density at radius 2 is 2.33 bits per heavy atom. The summed E-state index contributed by atoms with van der Waals surface area (Å²) in [7, 11) is 1.20. The number of amides is 1. The number of hydrazone groups is 1. The molecule has 6 heteroatoms. The first-order valence-electron chi connectivity index (χ1n) is 3.33. The molecule has 0 saturated carbocycles. The molecule has 66 valence electrons. The van der Waals surface area contributed by atoms with Crippen molar-refractivity contribution in [3.05, 3.63) is 0 Å². The average Bonchev–Trinajstić information content (AvgIpc) is 2.09. The van der Waals surface area contributed by atoms with Crippen molar-refractivity contribution < 1.29 is 19.1 Å². The lowest BCUT2D eigenvalue weighted by molar-refractivity contribution is -0.121. The van der Waals surface area contributed by atoms with Gasteiger partial charge in [-0.1, -0.05) is 0 Å². The van der Waals surface area contributed by atoms with E-state index >= 15 is 0 Å². The number of rotatable bonds is 0. The van der Waals surface area contributed by atoms with E-state index in [-0.39, 0.29) is 18.2 Å². The van der Waals surface area contributed by atoms with Gasteiger partial charge in [-0.2, -0.15) is 0 Å². The normalized spacial score (nSPS) is 16.1. The molecule has 0 aromatic rings. The van der Waals surface area contributed by atoms with Crippen LogP contribution in [0.4, 0.5) is 4.79 Å². The molecule has 0 aromatic carbocycles. The van der Waals surface area contributed by atoms with Crippen molar-refractivity contribution in [2.45, 2.75) is 12.8 Å². The van der Waals surface area contributed by atoms with Gasteiger partial charge in [-0.05, 0) is 0 Å². The number of ether oxygens (including phenoxy) is 2. The third-order valence-electron chi connectivity index (χ3n) is 1.24. The second-order valence-corrected chi connectivity index (χ2v) is 2.10. The van der Waals surface area contributed by atoms with Crippen molar-refractivity contribution >= 4 is 18.0 Å². The lowest BCUT2D eigenvalue weighted by atomic mass is 10.3. The predicted molar refractivity (Wildman–Crippen MR) is 38.3 cm³/mol. The second-order valence-electron chi connectivity index (χ2n) is 2.10. The molecule has 0 unspecified atom stereocenters. The fraction of sp³-hybridized carbons (Fsp3) is 0.500. The van der Waals surface area contributed by atoms with Crippen molar-refractivity contribution in [1.29, 1.82) is 0 Å². The molecular weight excluding hydrogens is 164 g/mol. The monoisotopic (exact) mass is 172 g/mol. The molecule has 0 radical (unpaired) electrons. The maximum absolute atomic E-state index is 10.6. The summed E-state index contributed by atoms with van der Waals surface area (Å²) < 4.78 is 8.79. The number of nitrogens with one attached hydrogen (secondary N) is 1. The van der Waals surface area contributed by atoms with Crippen LogP contribution in [0.1, 0.15) is 12.8 Å². The Labute approximate surface area is 68.5 Å². The Bertz CT molecular complexity index is 236. The summed E-state index contributed by atoms with van der Waals surface area (Å²) in [6.45, 7) is 0. The molecule has 0 aromatic heterocycles. The highest BCUT2D eigenvalue weighted by molar-refractivity contribution is 5.92. The van der Waals surface area contributed by atoms with Gasteiger partial charge in [0.25, 0.3) is 0 Å². The highest BCUT2D eigenvalue weighted by Crippen LogP contribution is 2.01. The van der Waals surface area contributed by atoms with Crippen LogP contribution < -0.4 is 5.43 Å². The van der Waals surface area contributed by atoms with E-state index < -0.39 is 6.16 Å². The lowest BCUT2D eigenvalue weighted by Crippen LogP contribution is -2.28. The Morgan fingerprint density at radius 1 is 1.58 bits per heavy atom. The summed E-state index contributed by atoms with van der Waals surface area (Å²) in [5, 5.41) is 3.49. The fourth-order valence-corrected chi connectivity index (χ4v) is 0.669. The molecule has 1 rings (SSSR count). The molecule has 0 fully saturated rings. The van der Waals surface area contributed by atoms with Crippen molar-refractivity contribution in [2.75, 3.05) is 7.11 Å². The van der Waals surface area contributed by atoms with Gasteiger partial charge in [0, 0.05) is 12.8 Å². The molecule has 1 N–H and O–H groups in total. The maximum Gasteiger partial charge on any atom is 0.514 e. The van der Waals surface area contributed by atoms with E-state index in [0.717, 1.165) is 0 Å². The van der Waals surface area contributed by atoms with Crippen LogP contribution in [0.15, 0.2) is 5.10 Å².